The Morgan fingerprint density at radius 1 is 1.26 bits per heavy atom. The van der Waals surface area contributed by atoms with Crippen LogP contribution in [-0.2, 0) is 9.53 Å². The Bertz CT molecular complexity index is 702. The topological polar surface area (TPSA) is 71.5 Å². The van der Waals surface area contributed by atoms with Gasteiger partial charge >= 0.3 is 5.97 Å². The molecule has 2 aromatic rings. The molecule has 0 bridgehead atoms. The molecule has 7 heteroatoms. The van der Waals surface area contributed by atoms with Gasteiger partial charge in [-0.25, -0.2) is 9.78 Å². The lowest BCUT2D eigenvalue weighted by atomic mass is 10.2. The van der Waals surface area contributed by atoms with Gasteiger partial charge in [0.15, 0.2) is 6.61 Å². The van der Waals surface area contributed by atoms with Crippen LogP contribution in [0.4, 0.5) is 11.5 Å². The van der Waals surface area contributed by atoms with Crippen LogP contribution in [0.25, 0.3) is 0 Å². The molecule has 1 heterocycles. The van der Waals surface area contributed by atoms with Crippen LogP contribution < -0.4 is 10.2 Å². The van der Waals surface area contributed by atoms with E-state index in [4.69, 9.17) is 16.3 Å². The third kappa shape index (κ3) is 4.96. The molecule has 6 nitrogen and oxygen atoms in total. The number of carbonyl (C=O) groups is 2. The van der Waals surface area contributed by atoms with Gasteiger partial charge in [0.05, 0.1) is 10.6 Å². The van der Waals surface area contributed by atoms with Gasteiger partial charge in [0.25, 0.3) is 5.91 Å². The van der Waals surface area contributed by atoms with Crippen molar-refractivity contribution in [3.05, 3.63) is 53.2 Å². The molecule has 0 saturated carbocycles. The number of aromatic nitrogens is 1. The maximum absolute atomic E-state index is 12.0. The number of ether oxygens (including phenoxy) is 1. The van der Waals surface area contributed by atoms with E-state index in [1.165, 1.54) is 6.20 Å². The van der Waals surface area contributed by atoms with Crippen molar-refractivity contribution in [1.29, 1.82) is 0 Å². The number of carbonyl (C=O) groups excluding carboxylic acids is 2. The predicted octanol–water partition coefficient (Wildman–Crippen LogP) is 2.60. The third-order valence-electron chi connectivity index (χ3n) is 2.93. The van der Waals surface area contributed by atoms with Crippen LogP contribution in [0.5, 0.6) is 0 Å². The normalized spacial score (nSPS) is 10.0. The summed E-state index contributed by atoms with van der Waals surface area (Å²) < 4.78 is 5.00. The average molecular weight is 334 g/mol. The number of nitrogens with zero attached hydrogens (tertiary/aromatic N) is 2. The number of nitrogens with one attached hydrogen (secondary N) is 1. The lowest BCUT2D eigenvalue weighted by molar-refractivity contribution is -0.119. The number of amides is 1. The Labute approximate surface area is 139 Å². The summed E-state index contributed by atoms with van der Waals surface area (Å²) in [5.74, 6) is -0.699. The van der Waals surface area contributed by atoms with Crippen LogP contribution in [0.15, 0.2) is 42.6 Å². The molecule has 120 valence electrons. The van der Waals surface area contributed by atoms with Gasteiger partial charge in [0.2, 0.25) is 0 Å². The third-order valence-corrected chi connectivity index (χ3v) is 3.15. The summed E-state index contributed by atoms with van der Waals surface area (Å²) in [6.45, 7) is -0.394. The minimum atomic E-state index is -0.562. The Morgan fingerprint density at radius 2 is 2.04 bits per heavy atom. The van der Waals surface area contributed by atoms with Crippen molar-refractivity contribution in [2.75, 3.05) is 30.9 Å². The summed E-state index contributed by atoms with van der Waals surface area (Å²) in [6, 6.07) is 10.1. The van der Waals surface area contributed by atoms with E-state index in [-0.39, 0.29) is 0 Å². The maximum atomic E-state index is 12.0. The van der Waals surface area contributed by atoms with Gasteiger partial charge < -0.3 is 15.0 Å². The molecule has 0 saturated heterocycles. The van der Waals surface area contributed by atoms with Crippen molar-refractivity contribution in [2.24, 2.45) is 0 Å². The maximum Gasteiger partial charge on any atom is 0.338 e. The van der Waals surface area contributed by atoms with E-state index in [9.17, 15) is 9.59 Å². The number of hydrogen-bond acceptors (Lipinski definition) is 5. The Morgan fingerprint density at radius 3 is 2.70 bits per heavy atom. The van der Waals surface area contributed by atoms with Gasteiger partial charge in [-0.15, -0.1) is 0 Å². The molecule has 0 aliphatic carbocycles. The van der Waals surface area contributed by atoms with Crippen molar-refractivity contribution in [2.45, 2.75) is 0 Å². The van der Waals surface area contributed by atoms with Gasteiger partial charge in [-0.1, -0.05) is 17.7 Å². The second-order valence-corrected chi connectivity index (χ2v) is 5.37. The monoisotopic (exact) mass is 333 g/mol. The van der Waals surface area contributed by atoms with E-state index in [0.717, 1.165) is 5.69 Å². The second kappa shape index (κ2) is 7.60. The minimum Gasteiger partial charge on any atom is -0.452 e. The van der Waals surface area contributed by atoms with E-state index in [2.05, 4.69) is 10.3 Å². The molecule has 23 heavy (non-hydrogen) atoms. The van der Waals surface area contributed by atoms with E-state index in [1.807, 2.05) is 25.1 Å². The SMILES string of the molecule is CN(C)c1cccc(C(=O)OCC(=O)Nc2ccc(Cl)cn2)c1. The fourth-order valence-corrected chi connectivity index (χ4v) is 1.87. The number of hydrogen-bond donors (Lipinski definition) is 1. The molecule has 0 unspecified atom stereocenters. The van der Waals surface area contributed by atoms with E-state index >= 15 is 0 Å². The summed E-state index contributed by atoms with van der Waals surface area (Å²) in [5, 5.41) is 2.98. The highest BCUT2D eigenvalue weighted by Gasteiger charge is 2.11. The molecule has 0 radical (unpaired) electrons. The number of esters is 1. The molecule has 1 aromatic heterocycles. The minimum absolute atomic E-state index is 0.338. The van der Waals surface area contributed by atoms with Crippen LogP contribution in [0.2, 0.25) is 5.02 Å². The van der Waals surface area contributed by atoms with Crippen LogP contribution in [0, 0.1) is 0 Å². The van der Waals surface area contributed by atoms with Crippen LogP contribution in [-0.4, -0.2) is 37.6 Å². The molecule has 0 fully saturated rings. The first-order chi connectivity index (χ1) is 11.0. The quantitative estimate of drug-likeness (QED) is 0.851. The molecule has 1 N–H and O–H groups in total. The highest BCUT2D eigenvalue weighted by molar-refractivity contribution is 6.30. The van der Waals surface area contributed by atoms with Crippen molar-refractivity contribution in [3.8, 4) is 0 Å². The first-order valence-electron chi connectivity index (χ1n) is 6.81. The molecule has 0 aliphatic heterocycles. The molecule has 0 atom stereocenters. The Kier molecular flexibility index (Phi) is 5.54. The fraction of sp³-hybridized carbons (Fsp3) is 0.188. The van der Waals surface area contributed by atoms with Crippen LogP contribution >= 0.6 is 11.6 Å². The average Bonchev–Trinajstić information content (AvgIpc) is 2.55. The van der Waals surface area contributed by atoms with Gasteiger partial charge in [-0.2, -0.15) is 0 Å². The van der Waals surface area contributed by atoms with Crippen molar-refractivity contribution in [3.63, 3.8) is 0 Å². The number of halogens is 1. The summed E-state index contributed by atoms with van der Waals surface area (Å²) in [4.78, 5) is 29.5. The molecule has 0 aliphatic rings. The van der Waals surface area contributed by atoms with Gasteiger partial charge in [0, 0.05) is 26.0 Å². The van der Waals surface area contributed by atoms with Crippen LogP contribution in [0.1, 0.15) is 10.4 Å². The smallest absolute Gasteiger partial charge is 0.338 e. The summed E-state index contributed by atoms with van der Waals surface area (Å²) in [6.07, 6.45) is 1.41. The molecule has 0 spiro atoms. The molecular formula is C16H16ClN3O3. The summed E-state index contributed by atoms with van der Waals surface area (Å²) in [7, 11) is 3.74. The Balaban J connectivity index is 1.89. The Hall–Kier alpha value is -2.60. The van der Waals surface area contributed by atoms with Gasteiger partial charge in [-0.3, -0.25) is 4.79 Å². The largest absolute Gasteiger partial charge is 0.452 e. The molecule has 1 amide bonds. The van der Waals surface area contributed by atoms with E-state index < -0.39 is 18.5 Å². The van der Waals surface area contributed by atoms with Crippen molar-refractivity contribution < 1.29 is 14.3 Å². The first-order valence-corrected chi connectivity index (χ1v) is 7.19. The summed E-state index contributed by atoms with van der Waals surface area (Å²) in [5.41, 5.74) is 1.25. The van der Waals surface area contributed by atoms with Crippen molar-refractivity contribution >= 4 is 35.0 Å². The highest BCUT2D eigenvalue weighted by Crippen LogP contribution is 2.14. The second-order valence-electron chi connectivity index (χ2n) is 4.93. The summed E-state index contributed by atoms with van der Waals surface area (Å²) >= 11 is 5.71. The van der Waals surface area contributed by atoms with Gasteiger partial charge in [-0.05, 0) is 30.3 Å². The van der Waals surface area contributed by atoms with E-state index in [1.54, 1.807) is 30.3 Å². The van der Waals surface area contributed by atoms with Gasteiger partial charge in [0.1, 0.15) is 5.82 Å². The van der Waals surface area contributed by atoms with Crippen LogP contribution in [0.3, 0.4) is 0 Å². The van der Waals surface area contributed by atoms with Crippen molar-refractivity contribution in [1.82, 2.24) is 4.98 Å². The number of anilines is 2. The predicted molar refractivity (Wildman–Crippen MR) is 88.9 cm³/mol. The first kappa shape index (κ1) is 16.8. The molecule has 2 rings (SSSR count). The number of benzene rings is 1. The number of rotatable bonds is 5. The lowest BCUT2D eigenvalue weighted by Gasteiger charge is -2.13. The zero-order chi connectivity index (χ0) is 16.8. The molecule has 1 aromatic carbocycles. The zero-order valence-corrected chi connectivity index (χ0v) is 13.5. The zero-order valence-electron chi connectivity index (χ0n) is 12.7. The standard InChI is InChI=1S/C16H16ClN3O3/c1-20(2)13-5-3-4-11(8-13)16(22)23-10-15(21)19-14-7-6-12(17)9-18-14/h3-9H,10H2,1-2H3,(H,18,19,21). The lowest BCUT2D eigenvalue weighted by Crippen LogP contribution is -2.21. The highest BCUT2D eigenvalue weighted by atomic mass is 35.5. The number of pyridine rings is 1. The fourth-order valence-electron chi connectivity index (χ4n) is 1.75. The molecular weight excluding hydrogens is 318 g/mol. The van der Waals surface area contributed by atoms with E-state index in [0.29, 0.717) is 16.4 Å².